The average Bonchev–Trinajstić information content (AvgIpc) is 3.50. The summed E-state index contributed by atoms with van der Waals surface area (Å²) < 4.78 is 5.54. The van der Waals surface area contributed by atoms with Crippen LogP contribution in [-0.2, 0) is 11.3 Å². The number of likely N-dealkylation sites (tertiary alicyclic amines) is 1. The quantitative estimate of drug-likeness (QED) is 0.472. The Morgan fingerprint density at radius 1 is 1.03 bits per heavy atom. The van der Waals surface area contributed by atoms with E-state index >= 15 is 0 Å². The van der Waals surface area contributed by atoms with E-state index in [-0.39, 0.29) is 17.6 Å². The summed E-state index contributed by atoms with van der Waals surface area (Å²) >= 11 is 1.36. The topological polar surface area (TPSA) is 75.7 Å². The Morgan fingerprint density at radius 3 is 2.65 bits per heavy atom. The lowest BCUT2D eigenvalue weighted by Gasteiger charge is -2.22. The van der Waals surface area contributed by atoms with Crippen molar-refractivity contribution in [3.63, 3.8) is 0 Å². The second kappa shape index (κ2) is 9.57. The molecule has 0 aliphatic carbocycles. The van der Waals surface area contributed by atoms with Crippen molar-refractivity contribution >= 4 is 29.1 Å². The highest BCUT2D eigenvalue weighted by molar-refractivity contribution is 7.12. The van der Waals surface area contributed by atoms with Gasteiger partial charge in [0.1, 0.15) is 11.8 Å². The zero-order valence-electron chi connectivity index (χ0n) is 16.8. The Labute approximate surface area is 184 Å². The Bertz CT molecular complexity index is 1070. The van der Waals surface area contributed by atoms with Crippen molar-refractivity contribution in [1.82, 2.24) is 10.2 Å². The van der Waals surface area contributed by atoms with Crippen molar-refractivity contribution in [3.8, 4) is 5.75 Å². The van der Waals surface area contributed by atoms with E-state index in [4.69, 9.17) is 4.74 Å². The van der Waals surface area contributed by atoms with E-state index in [1.165, 1.54) is 11.3 Å². The van der Waals surface area contributed by atoms with Crippen molar-refractivity contribution in [2.24, 2.45) is 0 Å². The second-order valence-electron chi connectivity index (χ2n) is 7.25. The van der Waals surface area contributed by atoms with Crippen LogP contribution in [0.1, 0.15) is 38.4 Å². The minimum atomic E-state index is -0.620. The minimum Gasteiger partial charge on any atom is -0.425 e. The van der Waals surface area contributed by atoms with Gasteiger partial charge in [-0.2, -0.15) is 0 Å². The van der Waals surface area contributed by atoms with Crippen LogP contribution < -0.4 is 10.1 Å². The largest absolute Gasteiger partial charge is 0.425 e. The highest BCUT2D eigenvalue weighted by atomic mass is 32.1. The van der Waals surface area contributed by atoms with Gasteiger partial charge < -0.3 is 15.0 Å². The number of hydrogen-bond donors (Lipinski definition) is 1. The predicted octanol–water partition coefficient (Wildman–Crippen LogP) is 3.89. The fourth-order valence-corrected chi connectivity index (χ4v) is 4.24. The maximum Gasteiger partial charge on any atom is 0.334 e. The number of carbonyl (C=O) groups excluding carboxylic acids is 3. The number of hydrogen-bond acceptors (Lipinski definition) is 5. The molecule has 1 aliphatic rings. The molecule has 1 fully saturated rings. The zero-order chi connectivity index (χ0) is 21.6. The van der Waals surface area contributed by atoms with Crippen LogP contribution in [0, 0.1) is 0 Å². The molecule has 0 saturated carbocycles. The molecule has 0 bridgehead atoms. The molecule has 2 amide bonds. The van der Waals surface area contributed by atoms with Gasteiger partial charge in [0, 0.05) is 18.7 Å². The first-order chi connectivity index (χ1) is 15.1. The molecule has 1 atom stereocenters. The number of ether oxygens (including phenoxy) is 1. The van der Waals surface area contributed by atoms with E-state index in [1.807, 2.05) is 41.8 Å². The molecule has 1 N–H and O–H groups in total. The van der Waals surface area contributed by atoms with Crippen LogP contribution in [0.15, 0.2) is 72.1 Å². The summed E-state index contributed by atoms with van der Waals surface area (Å²) in [4.78, 5) is 40.1. The van der Waals surface area contributed by atoms with Crippen LogP contribution >= 0.6 is 11.3 Å². The SMILES string of the molecule is O=C(NCc1ccccc1)c1cccc(OC(=O)[C@@H]2CCCN2C(=O)c2cccs2)c1. The lowest BCUT2D eigenvalue weighted by molar-refractivity contribution is -0.138. The number of amides is 2. The fraction of sp³-hybridized carbons (Fsp3) is 0.208. The zero-order valence-corrected chi connectivity index (χ0v) is 17.6. The third kappa shape index (κ3) is 5.00. The minimum absolute atomic E-state index is 0.150. The number of rotatable bonds is 6. The summed E-state index contributed by atoms with van der Waals surface area (Å²) in [5.41, 5.74) is 1.40. The van der Waals surface area contributed by atoms with Crippen molar-refractivity contribution in [2.75, 3.05) is 6.54 Å². The molecule has 1 aliphatic heterocycles. The number of nitrogens with one attached hydrogen (secondary N) is 1. The molecule has 158 valence electrons. The molecule has 0 unspecified atom stereocenters. The highest BCUT2D eigenvalue weighted by Crippen LogP contribution is 2.24. The molecule has 2 aromatic carbocycles. The number of thiophene rings is 1. The molecule has 1 saturated heterocycles. The summed E-state index contributed by atoms with van der Waals surface area (Å²) in [5.74, 6) is -0.599. The van der Waals surface area contributed by atoms with Gasteiger partial charge in [0.2, 0.25) is 0 Å². The molecule has 3 aromatic rings. The van der Waals surface area contributed by atoms with Crippen LogP contribution in [-0.4, -0.2) is 35.3 Å². The predicted molar refractivity (Wildman–Crippen MR) is 118 cm³/mol. The number of esters is 1. The molecule has 6 nitrogen and oxygen atoms in total. The molecule has 4 rings (SSSR count). The molecule has 0 radical (unpaired) electrons. The van der Waals surface area contributed by atoms with Gasteiger partial charge in [0.15, 0.2) is 0 Å². The van der Waals surface area contributed by atoms with Crippen LogP contribution in [0.4, 0.5) is 0 Å². The van der Waals surface area contributed by atoms with Crippen LogP contribution in [0.5, 0.6) is 5.75 Å². The van der Waals surface area contributed by atoms with Crippen molar-refractivity contribution in [3.05, 3.63) is 88.1 Å². The van der Waals surface area contributed by atoms with Crippen LogP contribution in [0.3, 0.4) is 0 Å². The monoisotopic (exact) mass is 434 g/mol. The first-order valence-electron chi connectivity index (χ1n) is 10.1. The lowest BCUT2D eigenvalue weighted by Crippen LogP contribution is -2.42. The summed E-state index contributed by atoms with van der Waals surface area (Å²) in [6.07, 6.45) is 1.31. The average molecular weight is 435 g/mol. The van der Waals surface area contributed by atoms with E-state index in [2.05, 4.69) is 5.32 Å². The molecule has 31 heavy (non-hydrogen) atoms. The third-order valence-corrected chi connectivity index (χ3v) is 5.99. The van der Waals surface area contributed by atoms with E-state index in [0.717, 1.165) is 12.0 Å². The maximum atomic E-state index is 12.8. The van der Waals surface area contributed by atoms with Gasteiger partial charge in [-0.05, 0) is 48.1 Å². The van der Waals surface area contributed by atoms with Gasteiger partial charge in [-0.1, -0.05) is 42.5 Å². The Kier molecular flexibility index (Phi) is 6.43. The maximum absolute atomic E-state index is 12.8. The van der Waals surface area contributed by atoms with Crippen molar-refractivity contribution in [1.29, 1.82) is 0 Å². The molecule has 0 spiro atoms. The van der Waals surface area contributed by atoms with Gasteiger partial charge in [-0.15, -0.1) is 11.3 Å². The van der Waals surface area contributed by atoms with Crippen molar-refractivity contribution in [2.45, 2.75) is 25.4 Å². The van der Waals surface area contributed by atoms with Gasteiger partial charge in [0.25, 0.3) is 11.8 Å². The van der Waals surface area contributed by atoms with Crippen molar-refractivity contribution < 1.29 is 19.1 Å². The van der Waals surface area contributed by atoms with E-state index in [9.17, 15) is 14.4 Å². The molecule has 2 heterocycles. The van der Waals surface area contributed by atoms with Gasteiger partial charge in [-0.3, -0.25) is 9.59 Å². The Hall–Kier alpha value is -3.45. The number of nitrogens with zero attached hydrogens (tertiary/aromatic N) is 1. The lowest BCUT2D eigenvalue weighted by atomic mass is 10.2. The molecule has 7 heteroatoms. The number of carbonyl (C=O) groups is 3. The summed E-state index contributed by atoms with van der Waals surface area (Å²) in [6, 6.07) is 19.1. The summed E-state index contributed by atoms with van der Waals surface area (Å²) in [7, 11) is 0. The van der Waals surface area contributed by atoms with E-state index < -0.39 is 12.0 Å². The Morgan fingerprint density at radius 2 is 1.87 bits per heavy atom. The first-order valence-corrected chi connectivity index (χ1v) is 11.0. The van der Waals surface area contributed by atoms with Gasteiger partial charge >= 0.3 is 5.97 Å². The highest BCUT2D eigenvalue weighted by Gasteiger charge is 2.36. The van der Waals surface area contributed by atoms with E-state index in [0.29, 0.717) is 30.0 Å². The van der Waals surface area contributed by atoms with Gasteiger partial charge in [0.05, 0.1) is 4.88 Å². The second-order valence-corrected chi connectivity index (χ2v) is 8.20. The first kappa shape index (κ1) is 20.8. The Balaban J connectivity index is 1.39. The van der Waals surface area contributed by atoms with Gasteiger partial charge in [-0.25, -0.2) is 4.79 Å². The van der Waals surface area contributed by atoms with E-state index in [1.54, 1.807) is 35.2 Å². The molecular formula is C24H22N2O4S. The third-order valence-electron chi connectivity index (χ3n) is 5.13. The smallest absolute Gasteiger partial charge is 0.334 e. The molecule has 1 aromatic heterocycles. The molecular weight excluding hydrogens is 412 g/mol. The summed E-state index contributed by atoms with van der Waals surface area (Å²) in [6.45, 7) is 0.935. The normalized spacial score (nSPS) is 15.5. The number of benzene rings is 2. The van der Waals surface area contributed by atoms with Crippen LogP contribution in [0.25, 0.3) is 0 Å². The fourth-order valence-electron chi connectivity index (χ4n) is 3.56. The standard InChI is InChI=1S/C24H22N2O4S/c27-22(25-16-17-7-2-1-3-8-17)18-9-4-10-19(15-18)30-24(29)20-11-5-13-26(20)23(28)21-12-6-14-31-21/h1-4,6-10,12,14-15,20H,5,11,13,16H2,(H,25,27)/t20-/m0/s1. The summed E-state index contributed by atoms with van der Waals surface area (Å²) in [5, 5.41) is 4.70. The van der Waals surface area contributed by atoms with Crippen LogP contribution in [0.2, 0.25) is 0 Å².